The lowest BCUT2D eigenvalue weighted by Crippen LogP contribution is -2.39. The molecule has 0 radical (unpaired) electrons. The van der Waals surface area contributed by atoms with E-state index in [1.807, 2.05) is 48.0 Å². The highest BCUT2D eigenvalue weighted by atomic mass is 19.3. The second-order valence-electron chi connectivity index (χ2n) is 9.70. The van der Waals surface area contributed by atoms with E-state index in [1.54, 1.807) is 6.07 Å². The van der Waals surface area contributed by atoms with Crippen LogP contribution in [-0.4, -0.2) is 38.0 Å². The molecule has 34 heavy (non-hydrogen) atoms. The van der Waals surface area contributed by atoms with Gasteiger partial charge in [0.05, 0.1) is 12.2 Å². The Kier molecular flexibility index (Phi) is 5.00. The van der Waals surface area contributed by atoms with E-state index in [2.05, 4.69) is 9.47 Å². The van der Waals surface area contributed by atoms with E-state index in [9.17, 15) is 13.6 Å². The Balaban J connectivity index is 1.48. The maximum atomic E-state index is 14.3. The third-order valence-corrected chi connectivity index (χ3v) is 7.40. The maximum Gasteiger partial charge on any atom is 0.264 e. The summed E-state index contributed by atoms with van der Waals surface area (Å²) in [7, 11) is 1.90. The molecule has 2 aliphatic heterocycles. The summed E-state index contributed by atoms with van der Waals surface area (Å²) in [5.41, 5.74) is 4.39. The average molecular weight is 466 g/mol. The first kappa shape index (κ1) is 21.4. The fraction of sp³-hybridized carbons (Fsp3) is 0.462. The number of aromatic nitrogens is 3. The van der Waals surface area contributed by atoms with Crippen molar-refractivity contribution in [1.82, 2.24) is 19.0 Å². The Bertz CT molecular complexity index is 1270. The zero-order valence-corrected chi connectivity index (χ0v) is 19.6. The van der Waals surface area contributed by atoms with Gasteiger partial charge < -0.3 is 18.9 Å². The van der Waals surface area contributed by atoms with Crippen LogP contribution in [0.15, 0.2) is 30.6 Å². The van der Waals surface area contributed by atoms with Gasteiger partial charge >= 0.3 is 0 Å². The van der Waals surface area contributed by atoms with Crippen LogP contribution < -0.4 is 4.90 Å². The van der Waals surface area contributed by atoms with Crippen LogP contribution in [0.2, 0.25) is 0 Å². The highest BCUT2D eigenvalue weighted by molar-refractivity contribution is 5.80. The lowest BCUT2D eigenvalue weighted by Gasteiger charge is -2.34. The number of carbonyl (C=O) groups excluding carboxylic acids is 1. The van der Waals surface area contributed by atoms with Gasteiger partial charge in [-0.25, -0.2) is 13.8 Å². The van der Waals surface area contributed by atoms with Gasteiger partial charge in [-0.1, -0.05) is 0 Å². The van der Waals surface area contributed by atoms with Gasteiger partial charge in [0.15, 0.2) is 5.82 Å². The smallest absolute Gasteiger partial charge is 0.264 e. The minimum atomic E-state index is -2.57. The van der Waals surface area contributed by atoms with Crippen molar-refractivity contribution < 1.29 is 13.6 Å². The van der Waals surface area contributed by atoms with Crippen LogP contribution >= 0.6 is 0 Å². The van der Waals surface area contributed by atoms with Crippen molar-refractivity contribution in [3.63, 3.8) is 0 Å². The fourth-order valence-corrected chi connectivity index (χ4v) is 5.45. The topological polar surface area (TPSA) is 46.3 Å². The average Bonchev–Trinajstić information content (AvgIpc) is 3.48. The molecule has 3 aromatic rings. The van der Waals surface area contributed by atoms with Crippen molar-refractivity contribution in [2.45, 2.75) is 58.0 Å². The molecule has 0 bridgehead atoms. The number of alkyl halides is 2. The van der Waals surface area contributed by atoms with Crippen molar-refractivity contribution in [1.29, 1.82) is 0 Å². The molecular weight excluding hydrogens is 436 g/mol. The number of hydrogen-bond donors (Lipinski definition) is 0. The molecular formula is C26H29F2N5O. The normalized spacial score (nSPS) is 18.0. The molecule has 2 aromatic heterocycles. The zero-order valence-electron chi connectivity index (χ0n) is 19.6. The van der Waals surface area contributed by atoms with Crippen LogP contribution in [0.1, 0.15) is 61.2 Å². The second-order valence-corrected chi connectivity index (χ2v) is 9.70. The van der Waals surface area contributed by atoms with Crippen LogP contribution in [0.4, 0.5) is 20.3 Å². The number of benzene rings is 1. The third kappa shape index (κ3) is 3.42. The molecule has 4 heterocycles. The Morgan fingerprint density at radius 2 is 2.03 bits per heavy atom. The Morgan fingerprint density at radius 3 is 2.71 bits per heavy atom. The number of amides is 1. The molecule has 1 saturated carbocycles. The van der Waals surface area contributed by atoms with Crippen molar-refractivity contribution in [2.24, 2.45) is 7.05 Å². The summed E-state index contributed by atoms with van der Waals surface area (Å²) in [4.78, 5) is 21.7. The summed E-state index contributed by atoms with van der Waals surface area (Å²) in [5, 5.41) is 0. The van der Waals surface area contributed by atoms with Gasteiger partial charge in [-0.2, -0.15) is 0 Å². The molecule has 178 valence electrons. The Labute approximate surface area is 197 Å². The first-order valence-electron chi connectivity index (χ1n) is 12.2. The van der Waals surface area contributed by atoms with E-state index in [-0.39, 0.29) is 11.5 Å². The van der Waals surface area contributed by atoms with Gasteiger partial charge in [0.1, 0.15) is 12.4 Å². The number of fused-ring (bicyclic) bond motifs is 2. The van der Waals surface area contributed by atoms with Crippen molar-refractivity contribution in [3.8, 4) is 11.1 Å². The van der Waals surface area contributed by atoms with Crippen LogP contribution in [0.5, 0.6) is 0 Å². The molecule has 0 N–H and O–H groups in total. The molecule has 8 heteroatoms. The summed E-state index contributed by atoms with van der Waals surface area (Å²) in [6, 6.07) is 5.51. The van der Waals surface area contributed by atoms with Gasteiger partial charge in [-0.05, 0) is 67.5 Å². The van der Waals surface area contributed by atoms with E-state index in [0.717, 1.165) is 66.4 Å². The van der Waals surface area contributed by atoms with E-state index >= 15 is 0 Å². The quantitative estimate of drug-likeness (QED) is 0.524. The zero-order chi connectivity index (χ0) is 23.6. The standard InChI is InChI=1S/C26H29F2N5O/c1-3-31-14-22-26(29-25(16-6-7-16)33(22)15-23(31)34)32-9-4-5-17-11-19(18-8-10-30(2)13-18)20(24(27)28)12-21(17)32/h8,10-13,16,24H,3-7,9,14-15H2,1-2H3. The Morgan fingerprint density at radius 1 is 1.21 bits per heavy atom. The SMILES string of the molecule is CCN1Cc2c(N3CCCc4cc(-c5ccn(C)c5)c(C(F)F)cc43)nc(C3CC3)n2CC1=O. The van der Waals surface area contributed by atoms with Gasteiger partial charge in [-0.15, -0.1) is 0 Å². The number of anilines is 2. The van der Waals surface area contributed by atoms with Crippen molar-refractivity contribution in [3.05, 3.63) is 53.2 Å². The number of nitrogens with zero attached hydrogens (tertiary/aromatic N) is 5. The number of halogens is 2. The lowest BCUT2D eigenvalue weighted by atomic mass is 9.93. The number of aryl methyl sites for hydroxylation is 2. The minimum Gasteiger partial charge on any atom is -0.357 e. The number of hydrogen-bond acceptors (Lipinski definition) is 3. The number of imidazole rings is 1. The summed E-state index contributed by atoms with van der Waals surface area (Å²) in [5.74, 6) is 2.33. The molecule has 0 spiro atoms. The van der Waals surface area contributed by atoms with E-state index in [4.69, 9.17) is 4.98 Å². The number of likely N-dealkylation sites (N-methyl/N-ethyl adjacent to an activating group) is 1. The first-order valence-corrected chi connectivity index (χ1v) is 12.2. The first-order chi connectivity index (χ1) is 16.4. The predicted octanol–water partition coefficient (Wildman–Crippen LogP) is 5.15. The van der Waals surface area contributed by atoms with Gasteiger partial charge in [-0.3, -0.25) is 4.79 Å². The highest BCUT2D eigenvalue weighted by Crippen LogP contribution is 2.46. The number of carbonyl (C=O) groups is 1. The summed E-state index contributed by atoms with van der Waals surface area (Å²) < 4.78 is 32.5. The number of rotatable bonds is 5. The van der Waals surface area contributed by atoms with Crippen molar-refractivity contribution >= 4 is 17.4 Å². The summed E-state index contributed by atoms with van der Waals surface area (Å²) in [6.07, 6.45) is 5.15. The molecule has 1 fully saturated rings. The van der Waals surface area contributed by atoms with E-state index < -0.39 is 6.43 Å². The summed E-state index contributed by atoms with van der Waals surface area (Å²) >= 11 is 0. The largest absolute Gasteiger partial charge is 0.357 e. The van der Waals surface area contributed by atoms with Crippen LogP contribution in [0, 0.1) is 0 Å². The van der Waals surface area contributed by atoms with E-state index in [1.165, 1.54) is 0 Å². The molecule has 1 aromatic carbocycles. The molecule has 6 nitrogen and oxygen atoms in total. The predicted molar refractivity (Wildman–Crippen MR) is 126 cm³/mol. The second kappa shape index (κ2) is 7.96. The maximum absolute atomic E-state index is 14.3. The fourth-order valence-electron chi connectivity index (χ4n) is 5.45. The lowest BCUT2D eigenvalue weighted by molar-refractivity contribution is -0.133. The highest BCUT2D eigenvalue weighted by Gasteiger charge is 2.37. The molecule has 6 rings (SSSR count). The van der Waals surface area contributed by atoms with Gasteiger partial charge in [0.25, 0.3) is 6.43 Å². The minimum absolute atomic E-state index is 0.0534. The molecule has 1 amide bonds. The van der Waals surface area contributed by atoms with Crippen LogP contribution in [-0.2, 0) is 31.4 Å². The van der Waals surface area contributed by atoms with Gasteiger partial charge in [0, 0.05) is 49.7 Å². The van der Waals surface area contributed by atoms with Crippen molar-refractivity contribution in [2.75, 3.05) is 18.0 Å². The van der Waals surface area contributed by atoms with Crippen LogP contribution in [0.25, 0.3) is 11.1 Å². The molecule has 3 aliphatic rings. The Hall–Kier alpha value is -3.16. The molecule has 1 aliphatic carbocycles. The molecule has 0 unspecified atom stereocenters. The summed E-state index contributed by atoms with van der Waals surface area (Å²) in [6.45, 7) is 4.20. The molecule has 0 saturated heterocycles. The van der Waals surface area contributed by atoms with E-state index in [0.29, 0.717) is 31.1 Å². The van der Waals surface area contributed by atoms with Crippen LogP contribution in [0.3, 0.4) is 0 Å². The van der Waals surface area contributed by atoms with Gasteiger partial charge in [0.2, 0.25) is 5.91 Å². The monoisotopic (exact) mass is 465 g/mol. The molecule has 0 atom stereocenters. The third-order valence-electron chi connectivity index (χ3n) is 7.40.